The molecule has 2 rings (SSSR count). The second kappa shape index (κ2) is 6.70. The number of nitrogens with one attached hydrogen (secondary N) is 1. The highest BCUT2D eigenvalue weighted by molar-refractivity contribution is 9.10. The molecule has 2 aromatic rings. The van der Waals surface area contributed by atoms with Crippen LogP contribution in [-0.2, 0) is 6.54 Å². The molecule has 5 heteroatoms. The van der Waals surface area contributed by atoms with Crippen LogP contribution in [0.5, 0.6) is 5.75 Å². The largest absolute Gasteiger partial charge is 0.495 e. The van der Waals surface area contributed by atoms with E-state index in [1.165, 1.54) is 0 Å². The smallest absolute Gasteiger partial charge is 0.143 e. The fourth-order valence-corrected chi connectivity index (χ4v) is 2.89. The molecule has 0 unspecified atom stereocenters. The Labute approximate surface area is 137 Å². The fourth-order valence-electron chi connectivity index (χ4n) is 1.96. The van der Waals surface area contributed by atoms with Crippen molar-refractivity contribution in [2.75, 3.05) is 12.4 Å². The minimum Gasteiger partial charge on any atom is -0.495 e. The van der Waals surface area contributed by atoms with Crippen molar-refractivity contribution in [3.8, 4) is 5.75 Å². The molecule has 2 nitrogen and oxygen atoms in total. The van der Waals surface area contributed by atoms with Gasteiger partial charge in [0.05, 0.1) is 12.8 Å². The van der Waals surface area contributed by atoms with Crippen LogP contribution in [0.4, 0.5) is 5.69 Å². The van der Waals surface area contributed by atoms with E-state index in [0.29, 0.717) is 16.6 Å². The van der Waals surface area contributed by atoms with E-state index in [2.05, 4.69) is 21.2 Å². The maximum absolute atomic E-state index is 6.16. The van der Waals surface area contributed by atoms with Crippen molar-refractivity contribution in [3.63, 3.8) is 0 Å². The van der Waals surface area contributed by atoms with Gasteiger partial charge >= 0.3 is 0 Å². The Morgan fingerprint density at radius 3 is 2.65 bits per heavy atom. The van der Waals surface area contributed by atoms with E-state index >= 15 is 0 Å². The van der Waals surface area contributed by atoms with Crippen molar-refractivity contribution < 1.29 is 4.74 Å². The second-order valence-corrected chi connectivity index (χ2v) is 6.15. The first-order chi connectivity index (χ1) is 9.51. The quantitative estimate of drug-likeness (QED) is 0.742. The molecule has 20 heavy (non-hydrogen) atoms. The fraction of sp³-hybridized carbons (Fsp3) is 0.200. The van der Waals surface area contributed by atoms with Gasteiger partial charge in [-0.15, -0.1) is 0 Å². The first kappa shape index (κ1) is 15.5. The van der Waals surface area contributed by atoms with E-state index < -0.39 is 0 Å². The molecule has 0 atom stereocenters. The van der Waals surface area contributed by atoms with Gasteiger partial charge in [-0.05, 0) is 48.4 Å². The van der Waals surface area contributed by atoms with Gasteiger partial charge in [-0.1, -0.05) is 39.1 Å². The number of methoxy groups -OCH3 is 1. The average Bonchev–Trinajstić information content (AvgIpc) is 2.40. The number of hydrogen-bond donors (Lipinski definition) is 1. The third-order valence-electron chi connectivity index (χ3n) is 2.95. The van der Waals surface area contributed by atoms with E-state index in [4.69, 9.17) is 27.9 Å². The SMILES string of the molecule is COc1cc(Br)cc(C)c1NCc1cc(Cl)ccc1Cl. The molecule has 0 aliphatic rings. The Kier molecular flexibility index (Phi) is 5.19. The van der Waals surface area contributed by atoms with Crippen molar-refractivity contribution in [3.05, 3.63) is 56.0 Å². The summed E-state index contributed by atoms with van der Waals surface area (Å²) >= 11 is 15.6. The highest BCUT2D eigenvalue weighted by Gasteiger charge is 2.09. The van der Waals surface area contributed by atoms with Crippen molar-refractivity contribution in [1.82, 2.24) is 0 Å². The van der Waals surface area contributed by atoms with Crippen molar-refractivity contribution in [2.24, 2.45) is 0 Å². The minimum atomic E-state index is 0.582. The number of hydrogen-bond acceptors (Lipinski definition) is 2. The van der Waals surface area contributed by atoms with Gasteiger partial charge in [0.25, 0.3) is 0 Å². The summed E-state index contributed by atoms with van der Waals surface area (Å²) in [5.41, 5.74) is 2.99. The van der Waals surface area contributed by atoms with Crippen LogP contribution >= 0.6 is 39.1 Å². The van der Waals surface area contributed by atoms with E-state index in [-0.39, 0.29) is 0 Å². The van der Waals surface area contributed by atoms with Gasteiger partial charge in [-0.25, -0.2) is 0 Å². The number of benzene rings is 2. The van der Waals surface area contributed by atoms with Crippen LogP contribution in [-0.4, -0.2) is 7.11 Å². The van der Waals surface area contributed by atoms with Gasteiger partial charge in [-0.2, -0.15) is 0 Å². The number of ether oxygens (including phenoxy) is 1. The predicted molar refractivity (Wildman–Crippen MR) is 89.2 cm³/mol. The Balaban J connectivity index is 2.25. The Morgan fingerprint density at radius 1 is 1.20 bits per heavy atom. The van der Waals surface area contributed by atoms with Crippen LogP contribution in [0.1, 0.15) is 11.1 Å². The Bertz CT molecular complexity index is 632. The van der Waals surface area contributed by atoms with E-state index in [1.807, 2.05) is 25.1 Å². The van der Waals surface area contributed by atoms with Crippen molar-refractivity contribution >= 4 is 44.8 Å². The zero-order valence-corrected chi connectivity index (χ0v) is 14.2. The summed E-state index contributed by atoms with van der Waals surface area (Å²) in [7, 11) is 1.65. The van der Waals surface area contributed by atoms with Crippen LogP contribution in [0.25, 0.3) is 0 Å². The molecule has 1 N–H and O–H groups in total. The average molecular weight is 375 g/mol. The summed E-state index contributed by atoms with van der Waals surface area (Å²) in [6.45, 7) is 2.60. The van der Waals surface area contributed by atoms with E-state index in [0.717, 1.165) is 27.0 Å². The highest BCUT2D eigenvalue weighted by atomic mass is 79.9. The molecule has 0 saturated heterocycles. The lowest BCUT2D eigenvalue weighted by Crippen LogP contribution is -2.04. The molecule has 0 aliphatic carbocycles. The van der Waals surface area contributed by atoms with Crippen LogP contribution < -0.4 is 10.1 Å². The molecule has 0 spiro atoms. The predicted octanol–water partition coefficient (Wildman–Crippen LogP) is 5.69. The number of rotatable bonds is 4. The van der Waals surface area contributed by atoms with E-state index in [1.54, 1.807) is 19.2 Å². The number of halogens is 3. The van der Waals surface area contributed by atoms with Crippen LogP contribution in [0.3, 0.4) is 0 Å². The first-order valence-electron chi connectivity index (χ1n) is 6.03. The van der Waals surface area contributed by atoms with Crippen LogP contribution in [0, 0.1) is 6.92 Å². The number of aryl methyl sites for hydroxylation is 1. The lowest BCUT2D eigenvalue weighted by molar-refractivity contribution is 0.416. The summed E-state index contributed by atoms with van der Waals surface area (Å²) in [6, 6.07) is 9.39. The maximum Gasteiger partial charge on any atom is 0.143 e. The third kappa shape index (κ3) is 3.60. The van der Waals surface area contributed by atoms with Gasteiger partial charge < -0.3 is 10.1 Å². The van der Waals surface area contributed by atoms with Gasteiger partial charge in [0.15, 0.2) is 0 Å². The zero-order chi connectivity index (χ0) is 14.7. The lowest BCUT2D eigenvalue weighted by Gasteiger charge is -2.15. The molecule has 2 aromatic carbocycles. The topological polar surface area (TPSA) is 21.3 Å². The number of anilines is 1. The summed E-state index contributed by atoms with van der Waals surface area (Å²) < 4.78 is 6.38. The summed E-state index contributed by atoms with van der Waals surface area (Å²) in [6.07, 6.45) is 0. The third-order valence-corrected chi connectivity index (χ3v) is 4.01. The molecule has 0 bridgehead atoms. The maximum atomic E-state index is 6.16. The Hall–Kier alpha value is -0.900. The highest BCUT2D eigenvalue weighted by Crippen LogP contribution is 2.33. The molecule has 0 aromatic heterocycles. The normalized spacial score (nSPS) is 10.4. The van der Waals surface area contributed by atoms with Crippen molar-refractivity contribution in [2.45, 2.75) is 13.5 Å². The van der Waals surface area contributed by atoms with E-state index in [9.17, 15) is 0 Å². The van der Waals surface area contributed by atoms with Crippen LogP contribution in [0.15, 0.2) is 34.8 Å². The second-order valence-electron chi connectivity index (χ2n) is 4.39. The lowest BCUT2D eigenvalue weighted by atomic mass is 10.1. The first-order valence-corrected chi connectivity index (χ1v) is 7.58. The molecule has 0 saturated carbocycles. The molecule has 0 aliphatic heterocycles. The van der Waals surface area contributed by atoms with Gasteiger partial charge in [0, 0.05) is 21.1 Å². The van der Waals surface area contributed by atoms with Crippen LogP contribution in [0.2, 0.25) is 10.0 Å². The summed E-state index contributed by atoms with van der Waals surface area (Å²) in [5, 5.41) is 4.72. The summed E-state index contributed by atoms with van der Waals surface area (Å²) in [4.78, 5) is 0. The molecular formula is C15H14BrCl2NO. The molecular weight excluding hydrogens is 361 g/mol. The molecule has 0 fully saturated rings. The molecule has 0 radical (unpaired) electrons. The standard InChI is InChI=1S/C15H14BrCl2NO/c1-9-5-11(16)7-14(20-2)15(9)19-8-10-6-12(17)3-4-13(10)18/h3-7,19H,8H2,1-2H3. The van der Waals surface area contributed by atoms with Gasteiger partial charge in [0.1, 0.15) is 5.75 Å². The molecule has 0 heterocycles. The summed E-state index contributed by atoms with van der Waals surface area (Å²) in [5.74, 6) is 0.787. The molecule has 0 amide bonds. The van der Waals surface area contributed by atoms with Crippen molar-refractivity contribution in [1.29, 1.82) is 0 Å². The van der Waals surface area contributed by atoms with Gasteiger partial charge in [0.2, 0.25) is 0 Å². The Morgan fingerprint density at radius 2 is 1.95 bits per heavy atom. The monoisotopic (exact) mass is 373 g/mol. The van der Waals surface area contributed by atoms with Gasteiger partial charge in [-0.3, -0.25) is 0 Å². The minimum absolute atomic E-state index is 0.582. The zero-order valence-electron chi connectivity index (χ0n) is 11.1. The molecule has 106 valence electrons.